The normalized spacial score (nSPS) is 11.0. The number of hydrogen-bond donors (Lipinski definition) is 0. The van der Waals surface area contributed by atoms with Crippen LogP contribution in [0.3, 0.4) is 0 Å². The number of rotatable bonds is 5. The number of nitrogens with zero attached hydrogens (tertiary/aromatic N) is 1. The predicted octanol–water partition coefficient (Wildman–Crippen LogP) is 5.57. The van der Waals surface area contributed by atoms with E-state index in [9.17, 15) is 5.26 Å². The van der Waals surface area contributed by atoms with Gasteiger partial charge in [0.25, 0.3) is 0 Å². The maximum atomic E-state index is 9.46. The van der Waals surface area contributed by atoms with Crippen molar-refractivity contribution >= 4 is 39.2 Å². The first-order chi connectivity index (χ1) is 11.1. The van der Waals surface area contributed by atoms with Crippen molar-refractivity contribution in [2.45, 2.75) is 6.92 Å². The Bertz CT molecular complexity index is 781. The molecule has 2 aromatic carbocycles. The van der Waals surface area contributed by atoms with Crippen LogP contribution in [0.1, 0.15) is 18.1 Å². The molecule has 0 aromatic heterocycles. The van der Waals surface area contributed by atoms with Crippen LogP contribution in [0.2, 0.25) is 5.02 Å². The molecule has 0 spiro atoms. The van der Waals surface area contributed by atoms with Gasteiger partial charge in [0, 0.05) is 10.6 Å². The van der Waals surface area contributed by atoms with Crippen molar-refractivity contribution in [1.29, 1.82) is 5.26 Å². The molecular formula is C18H15BrClNO2. The van der Waals surface area contributed by atoms with E-state index in [1.807, 2.05) is 37.3 Å². The van der Waals surface area contributed by atoms with Gasteiger partial charge in [-0.2, -0.15) is 5.26 Å². The van der Waals surface area contributed by atoms with Gasteiger partial charge in [0.1, 0.15) is 0 Å². The zero-order chi connectivity index (χ0) is 16.8. The maximum absolute atomic E-state index is 9.46. The summed E-state index contributed by atoms with van der Waals surface area (Å²) in [5.74, 6) is 1.24. The molecule has 2 rings (SSSR count). The van der Waals surface area contributed by atoms with Gasteiger partial charge in [0.15, 0.2) is 11.5 Å². The van der Waals surface area contributed by atoms with Gasteiger partial charge < -0.3 is 9.47 Å². The summed E-state index contributed by atoms with van der Waals surface area (Å²) >= 11 is 9.65. The SMILES string of the molecule is CCOc1cc(C=C(C#N)c2ccccc2Cl)cc(Br)c1OC. The summed E-state index contributed by atoms with van der Waals surface area (Å²) in [6.45, 7) is 2.42. The third-order valence-electron chi connectivity index (χ3n) is 3.13. The Morgan fingerprint density at radius 3 is 2.70 bits per heavy atom. The second-order valence-corrected chi connectivity index (χ2v) is 5.88. The summed E-state index contributed by atoms with van der Waals surface area (Å²) in [5, 5.41) is 10.0. The van der Waals surface area contributed by atoms with Crippen molar-refractivity contribution in [2.75, 3.05) is 13.7 Å². The van der Waals surface area contributed by atoms with Crippen molar-refractivity contribution in [3.63, 3.8) is 0 Å². The third kappa shape index (κ3) is 4.07. The van der Waals surface area contributed by atoms with Crippen LogP contribution >= 0.6 is 27.5 Å². The van der Waals surface area contributed by atoms with Crippen LogP contribution in [0, 0.1) is 11.3 Å². The molecular weight excluding hydrogens is 378 g/mol. The second kappa shape index (κ2) is 8.05. The lowest BCUT2D eigenvalue weighted by Gasteiger charge is -2.12. The minimum absolute atomic E-state index is 0.482. The molecule has 118 valence electrons. The Hall–Kier alpha value is -1.96. The Balaban J connectivity index is 2.53. The van der Waals surface area contributed by atoms with Crippen molar-refractivity contribution < 1.29 is 9.47 Å². The maximum Gasteiger partial charge on any atom is 0.174 e. The van der Waals surface area contributed by atoms with Gasteiger partial charge in [-0.15, -0.1) is 0 Å². The van der Waals surface area contributed by atoms with Crippen LogP contribution in [0.4, 0.5) is 0 Å². The summed E-state index contributed by atoms with van der Waals surface area (Å²) in [4.78, 5) is 0. The zero-order valence-electron chi connectivity index (χ0n) is 12.8. The molecule has 0 atom stereocenters. The largest absolute Gasteiger partial charge is 0.492 e. The van der Waals surface area contributed by atoms with E-state index < -0.39 is 0 Å². The van der Waals surface area contributed by atoms with Crippen LogP contribution in [-0.2, 0) is 0 Å². The summed E-state index contributed by atoms with van der Waals surface area (Å²) in [5.41, 5.74) is 1.99. The van der Waals surface area contributed by atoms with E-state index in [-0.39, 0.29) is 0 Å². The van der Waals surface area contributed by atoms with Crippen LogP contribution in [0.5, 0.6) is 11.5 Å². The van der Waals surface area contributed by atoms with Gasteiger partial charge in [0.2, 0.25) is 0 Å². The Kier molecular flexibility index (Phi) is 6.09. The average molecular weight is 393 g/mol. The number of hydrogen-bond acceptors (Lipinski definition) is 3. The fraction of sp³-hybridized carbons (Fsp3) is 0.167. The number of ether oxygens (including phenoxy) is 2. The lowest BCUT2D eigenvalue weighted by molar-refractivity contribution is 0.310. The number of nitriles is 1. The molecule has 2 aromatic rings. The minimum atomic E-state index is 0.482. The first-order valence-electron chi connectivity index (χ1n) is 6.97. The first kappa shape index (κ1) is 17.4. The molecule has 0 aliphatic carbocycles. The van der Waals surface area contributed by atoms with Crippen LogP contribution in [0.15, 0.2) is 40.9 Å². The summed E-state index contributed by atoms with van der Waals surface area (Å²) < 4.78 is 11.7. The molecule has 0 bridgehead atoms. The van der Waals surface area contributed by atoms with E-state index in [0.717, 1.165) is 10.0 Å². The van der Waals surface area contributed by atoms with Gasteiger partial charge in [-0.3, -0.25) is 0 Å². The highest BCUT2D eigenvalue weighted by Gasteiger charge is 2.12. The quantitative estimate of drug-likeness (QED) is 0.493. The molecule has 3 nitrogen and oxygen atoms in total. The molecule has 0 saturated heterocycles. The van der Waals surface area contributed by atoms with Gasteiger partial charge >= 0.3 is 0 Å². The molecule has 0 unspecified atom stereocenters. The van der Waals surface area contributed by atoms with Gasteiger partial charge in [-0.05, 0) is 52.7 Å². The van der Waals surface area contributed by atoms with Gasteiger partial charge in [-0.25, -0.2) is 0 Å². The number of benzene rings is 2. The number of halogens is 2. The first-order valence-corrected chi connectivity index (χ1v) is 8.14. The minimum Gasteiger partial charge on any atom is -0.492 e. The van der Waals surface area contributed by atoms with Crippen LogP contribution in [-0.4, -0.2) is 13.7 Å². The van der Waals surface area contributed by atoms with E-state index in [4.69, 9.17) is 21.1 Å². The lowest BCUT2D eigenvalue weighted by Crippen LogP contribution is -1.97. The van der Waals surface area contributed by atoms with E-state index in [1.165, 1.54) is 0 Å². The molecule has 0 aliphatic rings. The molecule has 0 aliphatic heterocycles. The van der Waals surface area contributed by atoms with Crippen molar-refractivity contribution in [3.05, 3.63) is 57.0 Å². The van der Waals surface area contributed by atoms with E-state index >= 15 is 0 Å². The van der Waals surface area contributed by atoms with Crippen LogP contribution in [0.25, 0.3) is 11.6 Å². The Morgan fingerprint density at radius 1 is 1.35 bits per heavy atom. The predicted molar refractivity (Wildman–Crippen MR) is 96.8 cm³/mol. The standard InChI is InChI=1S/C18H15BrClNO2/c1-3-23-17-10-12(9-15(19)18(17)22-2)8-13(11-21)14-6-4-5-7-16(14)20/h4-10H,3H2,1-2H3. The smallest absolute Gasteiger partial charge is 0.174 e. The summed E-state index contributed by atoms with van der Waals surface area (Å²) in [6.07, 6.45) is 1.77. The molecule has 0 heterocycles. The molecule has 0 fully saturated rings. The molecule has 5 heteroatoms. The highest BCUT2D eigenvalue weighted by Crippen LogP contribution is 2.37. The van der Waals surface area contributed by atoms with Gasteiger partial charge in [-0.1, -0.05) is 29.8 Å². The highest BCUT2D eigenvalue weighted by atomic mass is 79.9. The fourth-order valence-corrected chi connectivity index (χ4v) is 3.01. The molecule has 23 heavy (non-hydrogen) atoms. The van der Waals surface area contributed by atoms with Crippen molar-refractivity contribution in [1.82, 2.24) is 0 Å². The monoisotopic (exact) mass is 391 g/mol. The molecule has 0 amide bonds. The summed E-state index contributed by atoms with van der Waals surface area (Å²) in [7, 11) is 1.59. The van der Waals surface area contributed by atoms with E-state index in [2.05, 4.69) is 22.0 Å². The topological polar surface area (TPSA) is 42.2 Å². The molecule has 0 saturated carbocycles. The van der Waals surface area contributed by atoms with Crippen molar-refractivity contribution in [3.8, 4) is 17.6 Å². The third-order valence-corrected chi connectivity index (χ3v) is 4.05. The average Bonchev–Trinajstić information content (AvgIpc) is 2.53. The zero-order valence-corrected chi connectivity index (χ0v) is 15.1. The second-order valence-electron chi connectivity index (χ2n) is 4.62. The van der Waals surface area contributed by atoms with Crippen LogP contribution < -0.4 is 9.47 Å². The fourth-order valence-electron chi connectivity index (χ4n) is 2.15. The Labute approximate surface area is 149 Å². The highest BCUT2D eigenvalue weighted by molar-refractivity contribution is 9.10. The number of allylic oxidation sites excluding steroid dienone is 1. The molecule has 0 N–H and O–H groups in total. The Morgan fingerprint density at radius 2 is 2.09 bits per heavy atom. The van der Waals surface area contributed by atoms with Gasteiger partial charge in [0.05, 0.1) is 29.8 Å². The lowest BCUT2D eigenvalue weighted by atomic mass is 10.0. The summed E-state index contributed by atoms with van der Waals surface area (Å²) in [6, 6.07) is 13.2. The van der Waals surface area contributed by atoms with E-state index in [1.54, 1.807) is 19.3 Å². The molecule has 0 radical (unpaired) electrons. The number of methoxy groups -OCH3 is 1. The van der Waals surface area contributed by atoms with E-state index in [0.29, 0.717) is 34.3 Å². The van der Waals surface area contributed by atoms with Crippen molar-refractivity contribution in [2.24, 2.45) is 0 Å².